The predicted octanol–water partition coefficient (Wildman–Crippen LogP) is 4.76. The molecule has 0 bridgehead atoms. The number of nitrogens with zero attached hydrogens (tertiary/aromatic N) is 1. The van der Waals surface area contributed by atoms with Gasteiger partial charge in [-0.25, -0.2) is 0 Å². The van der Waals surface area contributed by atoms with E-state index in [1.165, 1.54) is 0 Å². The zero-order valence-electron chi connectivity index (χ0n) is 18.8. The smallest absolute Gasteiger partial charge is 0.262 e. The minimum absolute atomic E-state index is 0.0106. The number of fused-ring (bicyclic) bond motifs is 2. The Morgan fingerprint density at radius 1 is 0.853 bits per heavy atom. The zero-order valence-corrected chi connectivity index (χ0v) is 18.8. The van der Waals surface area contributed by atoms with Crippen molar-refractivity contribution >= 4 is 33.5 Å². The average Bonchev–Trinajstić information content (AvgIpc) is 3.25. The van der Waals surface area contributed by atoms with Gasteiger partial charge < -0.3 is 15.6 Å². The molecule has 0 aliphatic rings. The zero-order chi connectivity index (χ0) is 23.3. The highest BCUT2D eigenvalue weighted by Crippen LogP contribution is 2.22. The van der Waals surface area contributed by atoms with E-state index >= 15 is 0 Å². The first kappa shape index (κ1) is 21.7. The highest BCUT2D eigenvalue weighted by Gasteiger charge is 2.14. The average molecular weight is 451 g/mol. The summed E-state index contributed by atoms with van der Waals surface area (Å²) in [4.78, 5) is 28.5. The van der Waals surface area contributed by atoms with Crippen LogP contribution in [0.5, 0.6) is 0 Å². The number of anilines is 1. The van der Waals surface area contributed by atoms with Crippen LogP contribution in [0.4, 0.5) is 5.82 Å². The fraction of sp³-hybridized carbons (Fsp3) is 0.143. The number of benzene rings is 3. The van der Waals surface area contributed by atoms with Gasteiger partial charge in [0.2, 0.25) is 0 Å². The number of aromatic amines is 1. The van der Waals surface area contributed by atoms with Gasteiger partial charge in [-0.1, -0.05) is 48.5 Å². The second-order valence-electron chi connectivity index (χ2n) is 8.26. The first-order chi connectivity index (χ1) is 16.7. The molecule has 0 saturated carbocycles. The molecule has 0 unspecified atom stereocenters. The molecule has 6 nitrogen and oxygen atoms in total. The summed E-state index contributed by atoms with van der Waals surface area (Å²) in [5.74, 6) is 0.697. The molecule has 0 amide bonds. The lowest BCUT2D eigenvalue weighted by Gasteiger charge is -2.08. The van der Waals surface area contributed by atoms with E-state index in [0.717, 1.165) is 47.3 Å². The van der Waals surface area contributed by atoms with E-state index in [1.807, 2.05) is 79.0 Å². The van der Waals surface area contributed by atoms with Crippen molar-refractivity contribution in [3.8, 4) is 0 Å². The number of para-hydroxylation sites is 2. The predicted molar refractivity (Wildman–Crippen MR) is 137 cm³/mol. The van der Waals surface area contributed by atoms with Crippen molar-refractivity contribution in [3.63, 3.8) is 0 Å². The third kappa shape index (κ3) is 4.49. The lowest BCUT2D eigenvalue weighted by Crippen LogP contribution is -2.18. The van der Waals surface area contributed by atoms with E-state index in [1.54, 1.807) is 10.6 Å². The van der Waals surface area contributed by atoms with Gasteiger partial charge >= 0.3 is 0 Å². The van der Waals surface area contributed by atoms with E-state index in [4.69, 9.17) is 0 Å². The van der Waals surface area contributed by atoms with Gasteiger partial charge in [-0.05, 0) is 48.9 Å². The Balaban J connectivity index is 1.19. The van der Waals surface area contributed by atoms with Gasteiger partial charge in [0.25, 0.3) is 5.91 Å². The van der Waals surface area contributed by atoms with Crippen molar-refractivity contribution in [3.05, 3.63) is 112 Å². The summed E-state index contributed by atoms with van der Waals surface area (Å²) in [6.45, 7) is 2.20. The molecule has 2 heterocycles. The number of aromatic nitrogens is 2. The third-order valence-corrected chi connectivity index (χ3v) is 5.93. The van der Waals surface area contributed by atoms with Gasteiger partial charge in [0.05, 0.1) is 11.0 Å². The number of carbonyl (C=O) groups excluding carboxylic acids is 1. The summed E-state index contributed by atoms with van der Waals surface area (Å²) >= 11 is 0. The first-order valence-corrected chi connectivity index (χ1v) is 11.5. The lowest BCUT2D eigenvalue weighted by atomic mass is 10.2. The SMILES string of the molecule is O=C(c1ccccc1)n1cc(CNCCCNc2cc(=O)c3ccccc3[nH]2)c2ccccc21. The minimum Gasteiger partial charge on any atom is -0.371 e. The van der Waals surface area contributed by atoms with Crippen LogP contribution in [-0.4, -0.2) is 28.5 Å². The fourth-order valence-electron chi connectivity index (χ4n) is 4.23. The molecule has 2 aromatic heterocycles. The summed E-state index contributed by atoms with van der Waals surface area (Å²) < 4.78 is 1.74. The molecular weight excluding hydrogens is 424 g/mol. The maximum absolute atomic E-state index is 13.0. The van der Waals surface area contributed by atoms with E-state index in [2.05, 4.69) is 21.7 Å². The molecular formula is C28H26N4O2. The Labute approximate surface area is 197 Å². The number of hydrogen-bond acceptors (Lipinski definition) is 4. The Hall–Kier alpha value is -4.16. The van der Waals surface area contributed by atoms with Crippen molar-refractivity contribution < 1.29 is 4.79 Å². The highest BCUT2D eigenvalue weighted by molar-refractivity contribution is 6.03. The van der Waals surface area contributed by atoms with Crippen LogP contribution in [-0.2, 0) is 6.54 Å². The number of pyridine rings is 1. The van der Waals surface area contributed by atoms with Crippen LogP contribution in [0, 0.1) is 0 Å². The second kappa shape index (κ2) is 9.77. The first-order valence-electron chi connectivity index (χ1n) is 11.5. The van der Waals surface area contributed by atoms with Crippen molar-refractivity contribution in [1.82, 2.24) is 14.9 Å². The largest absolute Gasteiger partial charge is 0.371 e. The summed E-state index contributed by atoms with van der Waals surface area (Å²) in [5.41, 5.74) is 3.51. The molecule has 3 aromatic carbocycles. The number of rotatable bonds is 8. The van der Waals surface area contributed by atoms with Crippen molar-refractivity contribution in [2.45, 2.75) is 13.0 Å². The minimum atomic E-state index is -0.0309. The van der Waals surface area contributed by atoms with Crippen LogP contribution < -0.4 is 16.1 Å². The summed E-state index contributed by atoms with van der Waals surface area (Å²) in [7, 11) is 0. The molecule has 5 rings (SSSR count). The van der Waals surface area contributed by atoms with Crippen LogP contribution in [0.3, 0.4) is 0 Å². The number of H-pyrrole nitrogens is 1. The molecule has 170 valence electrons. The molecule has 0 aliphatic carbocycles. The number of hydrogen-bond donors (Lipinski definition) is 3. The molecule has 0 atom stereocenters. The molecule has 0 aliphatic heterocycles. The van der Waals surface area contributed by atoms with E-state index < -0.39 is 0 Å². The topological polar surface area (TPSA) is 78.9 Å². The monoisotopic (exact) mass is 450 g/mol. The van der Waals surface area contributed by atoms with E-state index in [9.17, 15) is 9.59 Å². The standard InChI is InChI=1S/C28H26N4O2/c33-26-17-27(31-24-13-6-4-12-23(24)26)30-16-8-15-29-18-21-19-32(25-14-7-5-11-22(21)25)28(34)20-9-2-1-3-10-20/h1-7,9-14,17,19,29H,8,15-16,18H2,(H2,30,31,33). The molecule has 5 aromatic rings. The van der Waals surface area contributed by atoms with Crippen LogP contribution in [0.15, 0.2) is 95.9 Å². The normalized spacial score (nSPS) is 11.2. The molecule has 34 heavy (non-hydrogen) atoms. The molecule has 0 spiro atoms. The summed E-state index contributed by atoms with van der Waals surface area (Å²) in [6.07, 6.45) is 2.82. The van der Waals surface area contributed by atoms with Gasteiger partial charge in [-0.2, -0.15) is 0 Å². The van der Waals surface area contributed by atoms with Gasteiger partial charge in [-0.3, -0.25) is 14.2 Å². The summed E-state index contributed by atoms with van der Waals surface area (Å²) in [5, 5.41) is 8.54. The fourth-order valence-corrected chi connectivity index (χ4v) is 4.23. The van der Waals surface area contributed by atoms with Crippen LogP contribution in [0.1, 0.15) is 22.3 Å². The molecule has 0 radical (unpaired) electrons. The van der Waals surface area contributed by atoms with Crippen molar-refractivity contribution in [2.75, 3.05) is 18.4 Å². The van der Waals surface area contributed by atoms with Crippen molar-refractivity contribution in [2.24, 2.45) is 0 Å². The van der Waals surface area contributed by atoms with Crippen molar-refractivity contribution in [1.29, 1.82) is 0 Å². The third-order valence-electron chi connectivity index (χ3n) is 5.93. The Morgan fingerprint density at radius 2 is 1.59 bits per heavy atom. The molecule has 6 heteroatoms. The molecule has 3 N–H and O–H groups in total. The van der Waals surface area contributed by atoms with Crippen LogP contribution in [0.25, 0.3) is 21.8 Å². The Morgan fingerprint density at radius 3 is 2.44 bits per heavy atom. The summed E-state index contributed by atoms with van der Waals surface area (Å²) in [6, 6.07) is 26.4. The van der Waals surface area contributed by atoms with Gasteiger partial charge in [-0.15, -0.1) is 0 Å². The maximum atomic E-state index is 13.0. The second-order valence-corrected chi connectivity index (χ2v) is 8.26. The molecule has 0 saturated heterocycles. The van der Waals surface area contributed by atoms with Gasteiger partial charge in [0, 0.05) is 41.7 Å². The van der Waals surface area contributed by atoms with Gasteiger partial charge in [0.1, 0.15) is 5.82 Å². The van der Waals surface area contributed by atoms with E-state index in [-0.39, 0.29) is 11.3 Å². The Kier molecular flexibility index (Phi) is 6.23. The van der Waals surface area contributed by atoms with Crippen LogP contribution in [0.2, 0.25) is 0 Å². The van der Waals surface area contributed by atoms with Gasteiger partial charge in [0.15, 0.2) is 5.43 Å². The number of nitrogens with one attached hydrogen (secondary N) is 3. The Bertz CT molecular complexity index is 1500. The number of carbonyl (C=O) groups is 1. The maximum Gasteiger partial charge on any atom is 0.262 e. The lowest BCUT2D eigenvalue weighted by molar-refractivity contribution is 0.0965. The van der Waals surface area contributed by atoms with E-state index in [0.29, 0.717) is 17.5 Å². The van der Waals surface area contributed by atoms with Crippen LogP contribution >= 0.6 is 0 Å². The molecule has 0 fully saturated rings. The quantitative estimate of drug-likeness (QED) is 0.298. The highest BCUT2D eigenvalue weighted by atomic mass is 16.2.